The molecule has 2 aliphatic heterocycles. The van der Waals surface area contributed by atoms with E-state index < -0.39 is 5.54 Å². The third kappa shape index (κ3) is 2.93. The van der Waals surface area contributed by atoms with Crippen LogP contribution in [-0.2, 0) is 25.6 Å². The van der Waals surface area contributed by atoms with Crippen molar-refractivity contribution >= 4 is 5.91 Å². The van der Waals surface area contributed by atoms with Gasteiger partial charge in [-0.2, -0.15) is 5.10 Å². The fourth-order valence-corrected chi connectivity index (χ4v) is 4.68. The summed E-state index contributed by atoms with van der Waals surface area (Å²) in [6.07, 6.45) is 5.03. The Morgan fingerprint density at radius 3 is 3.00 bits per heavy atom. The molecule has 5 rings (SSSR count). The summed E-state index contributed by atoms with van der Waals surface area (Å²) in [5.41, 5.74) is 2.97. The minimum absolute atomic E-state index is 0.0910. The van der Waals surface area contributed by atoms with E-state index in [1.807, 2.05) is 31.3 Å². The highest BCUT2D eigenvalue weighted by Gasteiger charge is 2.51. The molecule has 0 bridgehead atoms. The van der Waals surface area contributed by atoms with E-state index in [-0.39, 0.29) is 5.91 Å². The molecule has 150 valence electrons. The van der Waals surface area contributed by atoms with Crippen LogP contribution in [0.3, 0.4) is 0 Å². The van der Waals surface area contributed by atoms with Gasteiger partial charge >= 0.3 is 0 Å². The van der Waals surface area contributed by atoms with Crippen molar-refractivity contribution < 1.29 is 9.32 Å². The molecule has 1 atom stereocenters. The third-order valence-corrected chi connectivity index (χ3v) is 6.01. The van der Waals surface area contributed by atoms with Gasteiger partial charge in [0.1, 0.15) is 5.54 Å². The zero-order valence-corrected chi connectivity index (χ0v) is 16.6. The summed E-state index contributed by atoms with van der Waals surface area (Å²) in [4.78, 5) is 22.4. The Morgan fingerprint density at radius 1 is 1.34 bits per heavy atom. The first-order chi connectivity index (χ1) is 14.1. The maximum atomic E-state index is 13.4. The number of rotatable bonds is 3. The van der Waals surface area contributed by atoms with Gasteiger partial charge in [-0.05, 0) is 25.5 Å². The first-order valence-electron chi connectivity index (χ1n) is 9.82. The van der Waals surface area contributed by atoms with E-state index in [0.717, 1.165) is 36.5 Å². The molecule has 1 saturated heterocycles. The average Bonchev–Trinajstić information content (AvgIpc) is 3.43. The SMILES string of the molecule is Cc1cc(CN2CCC3(C2)c2ncn(C)c2CCN3C(=O)c2cccnn2)on1. The molecule has 0 aliphatic carbocycles. The van der Waals surface area contributed by atoms with Crippen LogP contribution < -0.4 is 0 Å². The normalized spacial score (nSPS) is 21.7. The van der Waals surface area contributed by atoms with Crippen molar-refractivity contribution in [3.05, 3.63) is 59.3 Å². The maximum absolute atomic E-state index is 13.4. The van der Waals surface area contributed by atoms with Gasteiger partial charge in [-0.25, -0.2) is 4.98 Å². The quantitative estimate of drug-likeness (QED) is 0.662. The van der Waals surface area contributed by atoms with Crippen molar-refractivity contribution in [1.82, 2.24) is 34.7 Å². The van der Waals surface area contributed by atoms with Crippen LogP contribution in [0, 0.1) is 6.92 Å². The van der Waals surface area contributed by atoms with E-state index in [4.69, 9.17) is 9.51 Å². The Bertz CT molecular complexity index is 1040. The van der Waals surface area contributed by atoms with Crippen LogP contribution in [0.5, 0.6) is 0 Å². The molecule has 1 unspecified atom stereocenters. The molecular weight excluding hydrogens is 370 g/mol. The van der Waals surface area contributed by atoms with E-state index >= 15 is 0 Å². The van der Waals surface area contributed by atoms with Crippen molar-refractivity contribution in [1.29, 1.82) is 0 Å². The number of fused-ring (bicyclic) bond motifs is 2. The van der Waals surface area contributed by atoms with Gasteiger partial charge in [-0.15, -0.1) is 5.10 Å². The van der Waals surface area contributed by atoms with Crippen LogP contribution in [0.1, 0.15) is 39.8 Å². The summed E-state index contributed by atoms with van der Waals surface area (Å²) in [7, 11) is 2.02. The number of likely N-dealkylation sites (tertiary alicyclic amines) is 1. The van der Waals surface area contributed by atoms with E-state index in [1.165, 1.54) is 5.69 Å². The zero-order chi connectivity index (χ0) is 20.0. The Kier molecular flexibility index (Phi) is 4.20. The lowest BCUT2D eigenvalue weighted by Gasteiger charge is -2.44. The molecule has 0 N–H and O–H groups in total. The highest BCUT2D eigenvalue weighted by molar-refractivity contribution is 5.93. The molecular formula is C20H23N7O2. The monoisotopic (exact) mass is 393 g/mol. The number of carbonyl (C=O) groups is 1. The Labute approximate surface area is 168 Å². The first kappa shape index (κ1) is 18.0. The second kappa shape index (κ2) is 6.77. The van der Waals surface area contributed by atoms with Crippen LogP contribution in [0.15, 0.2) is 35.2 Å². The van der Waals surface area contributed by atoms with Gasteiger partial charge in [0.2, 0.25) is 0 Å². The van der Waals surface area contributed by atoms with Crippen molar-refractivity contribution in [3.8, 4) is 0 Å². The topological polar surface area (TPSA) is 93.2 Å². The summed E-state index contributed by atoms with van der Waals surface area (Å²) >= 11 is 0. The lowest BCUT2D eigenvalue weighted by atomic mass is 9.85. The number of nitrogens with zero attached hydrogens (tertiary/aromatic N) is 7. The molecule has 3 aromatic heterocycles. The largest absolute Gasteiger partial charge is 0.360 e. The molecule has 0 aromatic carbocycles. The molecule has 0 radical (unpaired) electrons. The Hall–Kier alpha value is -3.07. The van der Waals surface area contributed by atoms with Crippen molar-refractivity contribution in [2.24, 2.45) is 7.05 Å². The van der Waals surface area contributed by atoms with Crippen LogP contribution in [-0.4, -0.2) is 60.2 Å². The Morgan fingerprint density at radius 2 is 2.24 bits per heavy atom. The number of hydrogen-bond acceptors (Lipinski definition) is 7. The third-order valence-electron chi connectivity index (χ3n) is 6.01. The van der Waals surface area contributed by atoms with Crippen LogP contribution in [0.25, 0.3) is 0 Å². The van der Waals surface area contributed by atoms with E-state index in [2.05, 4.69) is 24.8 Å². The molecule has 2 aliphatic rings. The second-order valence-corrected chi connectivity index (χ2v) is 7.89. The smallest absolute Gasteiger partial charge is 0.275 e. The van der Waals surface area contributed by atoms with Gasteiger partial charge in [-0.1, -0.05) is 5.16 Å². The summed E-state index contributed by atoms with van der Waals surface area (Å²) in [6.45, 7) is 4.76. The van der Waals surface area contributed by atoms with Crippen LogP contribution in [0.2, 0.25) is 0 Å². The fourth-order valence-electron chi connectivity index (χ4n) is 4.68. The zero-order valence-electron chi connectivity index (χ0n) is 16.6. The predicted octanol–water partition coefficient (Wildman–Crippen LogP) is 1.31. The highest BCUT2D eigenvalue weighted by atomic mass is 16.5. The number of carbonyl (C=O) groups excluding carboxylic acids is 1. The molecule has 9 heteroatoms. The van der Waals surface area contributed by atoms with E-state index in [1.54, 1.807) is 18.3 Å². The number of hydrogen-bond donors (Lipinski definition) is 0. The fraction of sp³-hybridized carbons (Fsp3) is 0.450. The predicted molar refractivity (Wildman–Crippen MR) is 103 cm³/mol. The molecule has 0 saturated carbocycles. The van der Waals surface area contributed by atoms with Crippen LogP contribution in [0.4, 0.5) is 0 Å². The second-order valence-electron chi connectivity index (χ2n) is 7.89. The molecule has 3 aromatic rings. The summed E-state index contributed by atoms with van der Waals surface area (Å²) in [5.74, 6) is 0.746. The Balaban J connectivity index is 1.50. The standard InChI is InChI=1S/C20H23N7O2/c1-14-10-15(29-24-14)11-26-9-6-20(12-26)18-17(25(2)13-21-18)5-8-27(20)19(28)16-4-3-7-22-23-16/h3-4,7,10,13H,5-6,8-9,11-12H2,1-2H3. The van der Waals surface area contributed by atoms with E-state index in [0.29, 0.717) is 25.3 Å². The number of amides is 1. The van der Waals surface area contributed by atoms with Crippen molar-refractivity contribution in [3.63, 3.8) is 0 Å². The van der Waals surface area contributed by atoms with E-state index in [9.17, 15) is 4.79 Å². The molecule has 1 amide bonds. The minimum Gasteiger partial charge on any atom is -0.360 e. The van der Waals surface area contributed by atoms with Gasteiger partial charge in [-0.3, -0.25) is 9.69 Å². The summed E-state index contributed by atoms with van der Waals surface area (Å²) in [6, 6.07) is 5.43. The number of aryl methyl sites for hydroxylation is 2. The average molecular weight is 393 g/mol. The maximum Gasteiger partial charge on any atom is 0.275 e. The van der Waals surface area contributed by atoms with Gasteiger partial charge in [0, 0.05) is 51.1 Å². The van der Waals surface area contributed by atoms with Gasteiger partial charge in [0.15, 0.2) is 11.5 Å². The van der Waals surface area contributed by atoms with Gasteiger partial charge in [0.05, 0.1) is 24.3 Å². The summed E-state index contributed by atoms with van der Waals surface area (Å²) < 4.78 is 7.48. The number of aromatic nitrogens is 5. The number of imidazole rings is 1. The van der Waals surface area contributed by atoms with Gasteiger partial charge < -0.3 is 14.0 Å². The molecule has 1 fully saturated rings. The molecule has 9 nitrogen and oxygen atoms in total. The highest BCUT2D eigenvalue weighted by Crippen LogP contribution is 2.42. The lowest BCUT2D eigenvalue weighted by Crippen LogP contribution is -2.55. The first-order valence-corrected chi connectivity index (χ1v) is 9.82. The molecule has 29 heavy (non-hydrogen) atoms. The molecule has 1 spiro atoms. The van der Waals surface area contributed by atoms with Gasteiger partial charge in [0.25, 0.3) is 5.91 Å². The molecule has 5 heterocycles. The summed E-state index contributed by atoms with van der Waals surface area (Å²) in [5, 5.41) is 11.9. The van der Waals surface area contributed by atoms with Crippen LogP contribution >= 0.6 is 0 Å². The van der Waals surface area contributed by atoms with Crippen molar-refractivity contribution in [2.45, 2.75) is 31.8 Å². The lowest BCUT2D eigenvalue weighted by molar-refractivity contribution is 0.0408. The van der Waals surface area contributed by atoms with Crippen molar-refractivity contribution in [2.75, 3.05) is 19.6 Å². The minimum atomic E-state index is -0.474.